The van der Waals surface area contributed by atoms with Gasteiger partial charge < -0.3 is 4.42 Å². The van der Waals surface area contributed by atoms with Crippen LogP contribution in [0, 0.1) is 5.92 Å². The lowest BCUT2D eigenvalue weighted by Gasteiger charge is -2.06. The normalized spacial score (nSPS) is 18.7. The third-order valence-corrected chi connectivity index (χ3v) is 3.05. The third-order valence-electron chi connectivity index (χ3n) is 3.05. The van der Waals surface area contributed by atoms with Crippen molar-refractivity contribution in [1.29, 1.82) is 0 Å². The van der Waals surface area contributed by atoms with Crippen LogP contribution in [0.2, 0.25) is 0 Å². The molecule has 1 aliphatic rings. The molecule has 0 radical (unpaired) electrons. The van der Waals surface area contributed by atoms with E-state index >= 15 is 0 Å². The number of furan rings is 1. The number of amides is 2. The number of rotatable bonds is 5. The van der Waals surface area contributed by atoms with Gasteiger partial charge in [-0.25, -0.2) is 10.9 Å². The van der Waals surface area contributed by atoms with Crippen LogP contribution in [0.4, 0.5) is 0 Å². The van der Waals surface area contributed by atoms with Crippen LogP contribution in [-0.4, -0.2) is 23.2 Å². The second-order valence-corrected chi connectivity index (χ2v) is 4.53. The van der Waals surface area contributed by atoms with E-state index in [0.717, 1.165) is 0 Å². The fourth-order valence-electron chi connectivity index (χ4n) is 1.85. The van der Waals surface area contributed by atoms with Crippen molar-refractivity contribution >= 4 is 23.2 Å². The highest BCUT2D eigenvalue weighted by atomic mass is 16.3. The number of nitrogens with one attached hydrogen (secondary N) is 2. The minimum Gasteiger partial charge on any atom is -0.463 e. The van der Waals surface area contributed by atoms with E-state index in [2.05, 4.69) is 21.1 Å². The van der Waals surface area contributed by atoms with Gasteiger partial charge in [-0.05, 0) is 32.4 Å². The smallest absolute Gasteiger partial charge is 0.248 e. The largest absolute Gasteiger partial charge is 0.463 e. The lowest BCUT2D eigenvalue weighted by atomic mass is 9.99. The maximum atomic E-state index is 11.7. The zero-order valence-electron chi connectivity index (χ0n) is 11.3. The molecule has 106 valence electrons. The standard InChI is InChI=1S/C13H16N4O3/c1-8-10(13(19)17-14-8)5-6-12(18)16-15-9(2)11-4-3-7-20-11/h3-4,7,10H,5-6H2,1-2H3,(H,16,18)(H,17,19)/b15-9+. The van der Waals surface area contributed by atoms with Gasteiger partial charge in [0.05, 0.1) is 12.2 Å². The van der Waals surface area contributed by atoms with E-state index in [9.17, 15) is 9.59 Å². The summed E-state index contributed by atoms with van der Waals surface area (Å²) in [7, 11) is 0. The molecule has 0 spiro atoms. The van der Waals surface area contributed by atoms with E-state index < -0.39 is 0 Å². The molecule has 1 aromatic rings. The van der Waals surface area contributed by atoms with Gasteiger partial charge in [0.25, 0.3) is 0 Å². The Hall–Kier alpha value is -2.44. The average Bonchev–Trinajstić information content (AvgIpc) is 3.05. The average molecular weight is 276 g/mol. The Kier molecular flexibility index (Phi) is 4.29. The molecule has 2 heterocycles. The monoisotopic (exact) mass is 276 g/mol. The number of carbonyl (C=O) groups excluding carboxylic acids is 2. The quantitative estimate of drug-likeness (QED) is 0.620. The van der Waals surface area contributed by atoms with Gasteiger partial charge in [0.2, 0.25) is 11.8 Å². The summed E-state index contributed by atoms with van der Waals surface area (Å²) in [5.41, 5.74) is 6.12. The van der Waals surface area contributed by atoms with Crippen molar-refractivity contribution in [1.82, 2.24) is 10.9 Å². The van der Waals surface area contributed by atoms with Crippen LogP contribution in [-0.2, 0) is 9.59 Å². The summed E-state index contributed by atoms with van der Waals surface area (Å²) < 4.78 is 5.15. The molecular formula is C13H16N4O3. The molecule has 2 rings (SSSR count). The Bertz CT molecular complexity index is 560. The summed E-state index contributed by atoms with van der Waals surface area (Å²) in [5, 5.41) is 7.77. The lowest BCUT2D eigenvalue weighted by Crippen LogP contribution is -2.25. The summed E-state index contributed by atoms with van der Waals surface area (Å²) in [6, 6.07) is 3.50. The third kappa shape index (κ3) is 3.31. The van der Waals surface area contributed by atoms with Crippen molar-refractivity contribution in [3.8, 4) is 0 Å². The first-order valence-electron chi connectivity index (χ1n) is 6.29. The summed E-state index contributed by atoms with van der Waals surface area (Å²) in [4.78, 5) is 23.1. The molecule has 1 aliphatic heterocycles. The zero-order valence-corrected chi connectivity index (χ0v) is 11.3. The lowest BCUT2D eigenvalue weighted by molar-refractivity contribution is -0.123. The molecule has 0 saturated carbocycles. The van der Waals surface area contributed by atoms with Gasteiger partial charge in [0.15, 0.2) is 0 Å². The molecule has 1 unspecified atom stereocenters. The second kappa shape index (κ2) is 6.14. The van der Waals surface area contributed by atoms with Crippen molar-refractivity contribution in [2.75, 3.05) is 0 Å². The predicted molar refractivity (Wildman–Crippen MR) is 73.0 cm³/mol. The molecule has 2 amide bonds. The minimum absolute atomic E-state index is 0.162. The predicted octanol–water partition coefficient (Wildman–Crippen LogP) is 1.02. The van der Waals surface area contributed by atoms with Crippen molar-refractivity contribution in [3.05, 3.63) is 24.2 Å². The molecule has 1 aromatic heterocycles. The fraction of sp³-hybridized carbons (Fsp3) is 0.385. The molecule has 0 saturated heterocycles. The zero-order chi connectivity index (χ0) is 14.5. The van der Waals surface area contributed by atoms with Crippen LogP contribution in [0.3, 0.4) is 0 Å². The van der Waals surface area contributed by atoms with E-state index in [1.54, 1.807) is 26.0 Å². The van der Waals surface area contributed by atoms with Crippen LogP contribution in [0.25, 0.3) is 0 Å². The molecule has 20 heavy (non-hydrogen) atoms. The SMILES string of the molecule is CC1=NNC(=O)C1CCC(=O)N/N=C(\C)c1ccco1. The maximum Gasteiger partial charge on any atom is 0.248 e. The molecule has 2 N–H and O–H groups in total. The van der Waals surface area contributed by atoms with Gasteiger partial charge >= 0.3 is 0 Å². The van der Waals surface area contributed by atoms with Crippen LogP contribution in [0.5, 0.6) is 0 Å². The van der Waals surface area contributed by atoms with Crippen LogP contribution < -0.4 is 10.9 Å². The first-order valence-corrected chi connectivity index (χ1v) is 6.29. The first kappa shape index (κ1) is 14.0. The summed E-state index contributed by atoms with van der Waals surface area (Å²) in [5.74, 6) is -0.131. The molecule has 7 nitrogen and oxygen atoms in total. The number of hydrogen-bond donors (Lipinski definition) is 2. The van der Waals surface area contributed by atoms with Crippen molar-refractivity contribution in [3.63, 3.8) is 0 Å². The molecule has 1 atom stereocenters. The number of hydrogen-bond acceptors (Lipinski definition) is 5. The van der Waals surface area contributed by atoms with Crippen molar-refractivity contribution in [2.24, 2.45) is 16.1 Å². The fourth-order valence-corrected chi connectivity index (χ4v) is 1.85. The Morgan fingerprint density at radius 2 is 2.40 bits per heavy atom. The first-order chi connectivity index (χ1) is 9.58. The summed E-state index contributed by atoms with van der Waals surface area (Å²) in [6.45, 7) is 3.50. The second-order valence-electron chi connectivity index (χ2n) is 4.53. The highest BCUT2D eigenvalue weighted by Crippen LogP contribution is 2.13. The van der Waals surface area contributed by atoms with Gasteiger partial charge in [0.1, 0.15) is 11.5 Å². The molecular weight excluding hydrogens is 260 g/mol. The Morgan fingerprint density at radius 1 is 1.60 bits per heavy atom. The van der Waals surface area contributed by atoms with E-state index in [1.165, 1.54) is 6.26 Å². The molecule has 0 bridgehead atoms. The van der Waals surface area contributed by atoms with Crippen LogP contribution >= 0.6 is 0 Å². The molecule has 0 aliphatic carbocycles. The van der Waals surface area contributed by atoms with Crippen molar-refractivity contribution < 1.29 is 14.0 Å². The molecule has 0 fully saturated rings. The Labute approximate surface area is 116 Å². The Balaban J connectivity index is 1.80. The van der Waals surface area contributed by atoms with Crippen molar-refractivity contribution in [2.45, 2.75) is 26.7 Å². The minimum atomic E-state index is -0.323. The van der Waals surface area contributed by atoms with Crippen LogP contribution in [0.1, 0.15) is 32.4 Å². The van der Waals surface area contributed by atoms with E-state index in [0.29, 0.717) is 23.6 Å². The van der Waals surface area contributed by atoms with E-state index in [1.807, 2.05) is 0 Å². The number of nitrogens with zero attached hydrogens (tertiary/aromatic N) is 2. The van der Waals surface area contributed by atoms with Gasteiger partial charge in [-0.1, -0.05) is 0 Å². The maximum absolute atomic E-state index is 11.7. The van der Waals surface area contributed by atoms with Crippen LogP contribution in [0.15, 0.2) is 33.0 Å². The van der Waals surface area contributed by atoms with Gasteiger partial charge in [-0.15, -0.1) is 0 Å². The van der Waals surface area contributed by atoms with E-state index in [-0.39, 0.29) is 24.2 Å². The number of carbonyl (C=O) groups is 2. The topological polar surface area (TPSA) is 96.1 Å². The highest BCUT2D eigenvalue weighted by molar-refractivity contribution is 6.07. The molecule has 7 heteroatoms. The summed E-state index contributed by atoms with van der Waals surface area (Å²) in [6.07, 6.45) is 2.17. The molecule has 0 aromatic carbocycles. The van der Waals surface area contributed by atoms with E-state index in [4.69, 9.17) is 4.42 Å². The summed E-state index contributed by atoms with van der Waals surface area (Å²) >= 11 is 0. The highest BCUT2D eigenvalue weighted by Gasteiger charge is 2.26. The van der Waals surface area contributed by atoms with Gasteiger partial charge in [0, 0.05) is 12.1 Å². The van der Waals surface area contributed by atoms with Gasteiger partial charge in [-0.3, -0.25) is 9.59 Å². The van der Waals surface area contributed by atoms with Gasteiger partial charge in [-0.2, -0.15) is 10.2 Å². The number of hydrazone groups is 2. The Morgan fingerprint density at radius 3 is 3.00 bits per heavy atom.